The maximum Gasteiger partial charge on any atom is 0.0950 e. The van der Waals surface area contributed by atoms with E-state index < -0.39 is 0 Å². The number of imidazole rings is 1. The molecule has 0 spiro atoms. The molecular weight excluding hydrogens is 250 g/mol. The van der Waals surface area contributed by atoms with Gasteiger partial charge in [0.25, 0.3) is 0 Å². The first kappa shape index (κ1) is 13.1. The van der Waals surface area contributed by atoms with Gasteiger partial charge in [0.05, 0.1) is 24.7 Å². The molecule has 3 rings (SSSR count). The van der Waals surface area contributed by atoms with E-state index in [-0.39, 0.29) is 18.5 Å². The highest BCUT2D eigenvalue weighted by Crippen LogP contribution is 2.32. The molecule has 1 aromatic heterocycles. The van der Waals surface area contributed by atoms with Crippen LogP contribution < -0.4 is 5.73 Å². The van der Waals surface area contributed by atoms with E-state index in [1.807, 2.05) is 12.3 Å². The van der Waals surface area contributed by atoms with Gasteiger partial charge in [0.2, 0.25) is 0 Å². The Kier molecular flexibility index (Phi) is 4.01. The fraction of sp³-hybridized carbons (Fsp3) is 0.308. The fourth-order valence-electron chi connectivity index (χ4n) is 2.42. The Morgan fingerprint density at radius 3 is 3.06 bits per heavy atom. The van der Waals surface area contributed by atoms with Crippen LogP contribution in [-0.2, 0) is 11.2 Å². The van der Waals surface area contributed by atoms with Crippen LogP contribution in [0.4, 0.5) is 0 Å². The molecule has 1 aliphatic heterocycles. The van der Waals surface area contributed by atoms with Crippen molar-refractivity contribution in [2.75, 3.05) is 13.2 Å². The standard InChI is InChI=1S/C13H15N3O.ClH/c14-6-13-11-3-1-2-10(9(11)4-5-17-13)12-7-15-8-16-12;/h1-3,7-8,13H,4-6,14H2,(H,15,16);1H. The molecule has 5 heteroatoms. The van der Waals surface area contributed by atoms with E-state index in [2.05, 4.69) is 22.1 Å². The topological polar surface area (TPSA) is 63.9 Å². The smallest absolute Gasteiger partial charge is 0.0950 e. The molecule has 1 aliphatic rings. The van der Waals surface area contributed by atoms with Gasteiger partial charge in [-0.25, -0.2) is 4.98 Å². The molecule has 2 aromatic rings. The molecule has 0 bridgehead atoms. The SMILES string of the molecule is Cl.NCC1OCCc2c(-c3c[nH]cn3)cccc21. The molecule has 0 fully saturated rings. The Balaban J connectivity index is 0.00000120. The Hall–Kier alpha value is -1.36. The van der Waals surface area contributed by atoms with Crippen LogP contribution in [0.25, 0.3) is 11.3 Å². The zero-order valence-electron chi connectivity index (χ0n) is 9.93. The molecule has 0 amide bonds. The molecule has 0 aliphatic carbocycles. The number of H-pyrrole nitrogens is 1. The van der Waals surface area contributed by atoms with Crippen LogP contribution in [-0.4, -0.2) is 23.1 Å². The number of nitrogens with two attached hydrogens (primary N) is 1. The molecule has 2 heterocycles. The van der Waals surface area contributed by atoms with Crippen LogP contribution in [0.2, 0.25) is 0 Å². The van der Waals surface area contributed by atoms with Crippen molar-refractivity contribution in [3.8, 4) is 11.3 Å². The van der Waals surface area contributed by atoms with Gasteiger partial charge < -0.3 is 15.5 Å². The predicted octanol–water partition coefficient (Wildman–Crippen LogP) is 2.07. The minimum absolute atomic E-state index is 0. The van der Waals surface area contributed by atoms with Gasteiger partial charge in [0.1, 0.15) is 0 Å². The quantitative estimate of drug-likeness (QED) is 0.874. The van der Waals surface area contributed by atoms with Crippen molar-refractivity contribution in [1.82, 2.24) is 9.97 Å². The first-order valence-electron chi connectivity index (χ1n) is 5.82. The number of halogens is 1. The van der Waals surface area contributed by atoms with Crippen molar-refractivity contribution in [3.05, 3.63) is 41.9 Å². The van der Waals surface area contributed by atoms with Crippen molar-refractivity contribution in [1.29, 1.82) is 0 Å². The molecule has 1 aromatic carbocycles. The monoisotopic (exact) mass is 265 g/mol. The summed E-state index contributed by atoms with van der Waals surface area (Å²) >= 11 is 0. The minimum atomic E-state index is 0. The van der Waals surface area contributed by atoms with Gasteiger partial charge in [0.15, 0.2) is 0 Å². The molecule has 1 unspecified atom stereocenters. The van der Waals surface area contributed by atoms with Crippen LogP contribution in [0.5, 0.6) is 0 Å². The highest BCUT2D eigenvalue weighted by molar-refractivity contribution is 5.85. The lowest BCUT2D eigenvalue weighted by molar-refractivity contribution is 0.0486. The average Bonchev–Trinajstić information content (AvgIpc) is 2.91. The van der Waals surface area contributed by atoms with Crippen molar-refractivity contribution in [2.45, 2.75) is 12.5 Å². The predicted molar refractivity (Wildman–Crippen MR) is 72.7 cm³/mol. The van der Waals surface area contributed by atoms with Crippen LogP contribution in [0.15, 0.2) is 30.7 Å². The Bertz CT molecular complexity index is 513. The van der Waals surface area contributed by atoms with E-state index in [9.17, 15) is 0 Å². The summed E-state index contributed by atoms with van der Waals surface area (Å²) in [5, 5.41) is 0. The number of aromatic nitrogens is 2. The van der Waals surface area contributed by atoms with E-state index in [0.29, 0.717) is 6.54 Å². The third-order valence-corrected chi connectivity index (χ3v) is 3.22. The third kappa shape index (κ3) is 2.14. The summed E-state index contributed by atoms with van der Waals surface area (Å²) in [4.78, 5) is 7.31. The number of aromatic amines is 1. The van der Waals surface area contributed by atoms with Crippen molar-refractivity contribution in [3.63, 3.8) is 0 Å². The number of fused-ring (bicyclic) bond motifs is 1. The number of hydrogen-bond donors (Lipinski definition) is 2. The van der Waals surface area contributed by atoms with Crippen LogP contribution in [0, 0.1) is 0 Å². The summed E-state index contributed by atoms with van der Waals surface area (Å²) in [7, 11) is 0. The maximum absolute atomic E-state index is 5.74. The number of ether oxygens (including phenoxy) is 1. The average molecular weight is 266 g/mol. The second-order valence-electron chi connectivity index (χ2n) is 4.17. The van der Waals surface area contributed by atoms with Gasteiger partial charge in [-0.05, 0) is 17.5 Å². The largest absolute Gasteiger partial charge is 0.372 e. The summed E-state index contributed by atoms with van der Waals surface area (Å²) in [6.07, 6.45) is 4.57. The first-order valence-corrected chi connectivity index (χ1v) is 5.82. The molecule has 0 saturated carbocycles. The van der Waals surface area contributed by atoms with E-state index in [1.165, 1.54) is 16.7 Å². The van der Waals surface area contributed by atoms with Crippen molar-refractivity contribution < 1.29 is 4.74 Å². The second kappa shape index (κ2) is 5.52. The number of nitrogens with zero attached hydrogens (tertiary/aromatic N) is 1. The minimum Gasteiger partial charge on any atom is -0.372 e. The molecule has 1 atom stereocenters. The molecule has 18 heavy (non-hydrogen) atoms. The Morgan fingerprint density at radius 1 is 1.44 bits per heavy atom. The highest BCUT2D eigenvalue weighted by atomic mass is 35.5. The molecule has 4 nitrogen and oxygen atoms in total. The lowest BCUT2D eigenvalue weighted by atomic mass is 9.92. The van der Waals surface area contributed by atoms with E-state index in [1.54, 1.807) is 6.33 Å². The van der Waals surface area contributed by atoms with Crippen LogP contribution in [0.3, 0.4) is 0 Å². The van der Waals surface area contributed by atoms with E-state index in [4.69, 9.17) is 10.5 Å². The van der Waals surface area contributed by atoms with Gasteiger partial charge in [-0.1, -0.05) is 18.2 Å². The van der Waals surface area contributed by atoms with Crippen molar-refractivity contribution in [2.24, 2.45) is 5.73 Å². The highest BCUT2D eigenvalue weighted by Gasteiger charge is 2.22. The summed E-state index contributed by atoms with van der Waals surface area (Å²) in [5.41, 5.74) is 10.4. The van der Waals surface area contributed by atoms with Crippen molar-refractivity contribution >= 4 is 12.4 Å². The summed E-state index contributed by atoms with van der Waals surface area (Å²) in [6, 6.07) is 6.25. The van der Waals surface area contributed by atoms with Gasteiger partial charge in [-0.15, -0.1) is 12.4 Å². The van der Waals surface area contributed by atoms with E-state index in [0.717, 1.165) is 18.7 Å². The summed E-state index contributed by atoms with van der Waals surface area (Å²) < 4.78 is 5.67. The molecular formula is C13H16ClN3O. The molecule has 0 radical (unpaired) electrons. The second-order valence-corrected chi connectivity index (χ2v) is 4.17. The number of benzene rings is 1. The van der Waals surface area contributed by atoms with Crippen LogP contribution >= 0.6 is 12.4 Å². The number of hydrogen-bond acceptors (Lipinski definition) is 3. The number of nitrogens with one attached hydrogen (secondary N) is 1. The number of rotatable bonds is 2. The molecule has 96 valence electrons. The van der Waals surface area contributed by atoms with Crippen LogP contribution in [0.1, 0.15) is 17.2 Å². The molecule has 3 N–H and O–H groups in total. The van der Waals surface area contributed by atoms with Gasteiger partial charge >= 0.3 is 0 Å². The zero-order chi connectivity index (χ0) is 11.7. The molecule has 0 saturated heterocycles. The lowest BCUT2D eigenvalue weighted by Crippen LogP contribution is -2.23. The maximum atomic E-state index is 5.74. The first-order chi connectivity index (χ1) is 8.40. The third-order valence-electron chi connectivity index (χ3n) is 3.22. The summed E-state index contributed by atoms with van der Waals surface area (Å²) in [5.74, 6) is 0. The Morgan fingerprint density at radius 2 is 2.33 bits per heavy atom. The fourth-order valence-corrected chi connectivity index (χ4v) is 2.42. The van der Waals surface area contributed by atoms with Gasteiger partial charge in [0, 0.05) is 18.3 Å². The Labute approximate surface area is 112 Å². The lowest BCUT2D eigenvalue weighted by Gasteiger charge is -2.26. The van der Waals surface area contributed by atoms with E-state index >= 15 is 0 Å². The van der Waals surface area contributed by atoms with Gasteiger partial charge in [-0.3, -0.25) is 0 Å². The van der Waals surface area contributed by atoms with Gasteiger partial charge in [-0.2, -0.15) is 0 Å². The normalized spacial score (nSPS) is 17.9. The zero-order valence-corrected chi connectivity index (χ0v) is 10.7. The summed E-state index contributed by atoms with van der Waals surface area (Å²) in [6.45, 7) is 1.26.